The van der Waals surface area contributed by atoms with Crippen LogP contribution in [0.25, 0.3) is 0 Å². The van der Waals surface area contributed by atoms with Gasteiger partial charge in [0.2, 0.25) is 0 Å². The van der Waals surface area contributed by atoms with Gasteiger partial charge in [-0.2, -0.15) is 11.8 Å². The molecule has 0 unspecified atom stereocenters. The highest BCUT2D eigenvalue weighted by Gasteiger charge is 2.29. The molecular formula is C11H21NOS. The van der Waals surface area contributed by atoms with Gasteiger partial charge in [-0.1, -0.05) is 19.3 Å². The number of hydrogen-bond donors (Lipinski definition) is 2. The zero-order valence-electron chi connectivity index (χ0n) is 8.80. The molecule has 0 atom stereocenters. The molecule has 1 aliphatic carbocycles. The fourth-order valence-corrected chi connectivity index (χ4v) is 3.59. The Morgan fingerprint density at radius 3 is 2.50 bits per heavy atom. The molecule has 2 nitrogen and oxygen atoms in total. The summed E-state index contributed by atoms with van der Waals surface area (Å²) in [6.07, 6.45) is 5.83. The minimum Gasteiger partial charge on any atom is -0.389 e. The summed E-state index contributed by atoms with van der Waals surface area (Å²) in [7, 11) is 0. The van der Waals surface area contributed by atoms with Crippen LogP contribution in [0.3, 0.4) is 0 Å². The highest BCUT2D eigenvalue weighted by Crippen LogP contribution is 2.31. The van der Waals surface area contributed by atoms with Crippen molar-refractivity contribution in [1.29, 1.82) is 0 Å². The van der Waals surface area contributed by atoms with Crippen molar-refractivity contribution in [2.24, 2.45) is 5.92 Å². The molecule has 0 spiro atoms. The van der Waals surface area contributed by atoms with Crippen LogP contribution in [0.15, 0.2) is 0 Å². The molecule has 1 heterocycles. The fourth-order valence-electron chi connectivity index (χ4n) is 2.24. The van der Waals surface area contributed by atoms with E-state index in [1.54, 1.807) is 0 Å². The van der Waals surface area contributed by atoms with E-state index in [9.17, 15) is 5.11 Å². The van der Waals surface area contributed by atoms with Crippen molar-refractivity contribution in [3.8, 4) is 0 Å². The Hall–Kier alpha value is 0.270. The predicted octanol–water partition coefficient (Wildman–Crippen LogP) is 1.63. The minimum absolute atomic E-state index is 0.319. The van der Waals surface area contributed by atoms with Gasteiger partial charge < -0.3 is 10.4 Å². The van der Waals surface area contributed by atoms with E-state index >= 15 is 0 Å². The van der Waals surface area contributed by atoms with Crippen molar-refractivity contribution in [2.75, 3.05) is 24.6 Å². The van der Waals surface area contributed by atoms with Gasteiger partial charge in [-0.15, -0.1) is 0 Å². The minimum atomic E-state index is -0.319. The lowest BCUT2D eigenvalue weighted by Gasteiger charge is -2.33. The molecular weight excluding hydrogens is 194 g/mol. The van der Waals surface area contributed by atoms with E-state index in [-0.39, 0.29) is 5.60 Å². The van der Waals surface area contributed by atoms with Crippen LogP contribution in [0.2, 0.25) is 0 Å². The van der Waals surface area contributed by atoms with E-state index < -0.39 is 0 Å². The first-order chi connectivity index (χ1) is 6.79. The summed E-state index contributed by atoms with van der Waals surface area (Å²) in [5, 5.41) is 13.5. The molecule has 2 fully saturated rings. The van der Waals surface area contributed by atoms with Gasteiger partial charge in [-0.3, -0.25) is 0 Å². The number of thioether (sulfide) groups is 1. The summed E-state index contributed by atoms with van der Waals surface area (Å²) < 4.78 is 0. The number of nitrogens with one attached hydrogen (secondary N) is 1. The van der Waals surface area contributed by atoms with Gasteiger partial charge in [-0.25, -0.2) is 0 Å². The summed E-state index contributed by atoms with van der Waals surface area (Å²) in [6, 6.07) is 0. The van der Waals surface area contributed by atoms with Gasteiger partial charge >= 0.3 is 0 Å². The molecule has 2 aliphatic rings. The van der Waals surface area contributed by atoms with E-state index in [1.165, 1.54) is 38.1 Å². The number of rotatable bonds is 4. The molecule has 0 aromatic heterocycles. The van der Waals surface area contributed by atoms with Crippen LogP contribution in [0.5, 0.6) is 0 Å². The standard InChI is InChI=1S/C11H21NOS/c13-11(4-2-1-3-5-11)9-14-8-10-6-12-7-10/h10,12-13H,1-9H2. The average molecular weight is 215 g/mol. The first kappa shape index (κ1) is 10.8. The third kappa shape index (κ3) is 2.88. The largest absolute Gasteiger partial charge is 0.389 e. The zero-order valence-corrected chi connectivity index (χ0v) is 9.61. The second kappa shape index (κ2) is 4.86. The van der Waals surface area contributed by atoms with Crippen molar-refractivity contribution >= 4 is 11.8 Å². The normalized spacial score (nSPS) is 27.2. The van der Waals surface area contributed by atoms with E-state index in [2.05, 4.69) is 5.32 Å². The molecule has 0 amide bonds. The first-order valence-corrected chi connectivity index (χ1v) is 6.95. The highest BCUT2D eigenvalue weighted by molar-refractivity contribution is 7.99. The molecule has 0 aromatic rings. The van der Waals surface area contributed by atoms with Crippen LogP contribution in [0.1, 0.15) is 32.1 Å². The van der Waals surface area contributed by atoms with Crippen molar-refractivity contribution in [1.82, 2.24) is 5.32 Å². The summed E-state index contributed by atoms with van der Waals surface area (Å²) in [5.74, 6) is 3.06. The summed E-state index contributed by atoms with van der Waals surface area (Å²) in [5.41, 5.74) is -0.319. The second-order valence-corrected chi connectivity index (χ2v) is 5.85. The lowest BCUT2D eigenvalue weighted by molar-refractivity contribution is 0.0272. The van der Waals surface area contributed by atoms with Crippen LogP contribution in [0, 0.1) is 5.92 Å². The number of aliphatic hydroxyl groups is 1. The Balaban J connectivity index is 1.62. The first-order valence-electron chi connectivity index (χ1n) is 5.79. The molecule has 2 N–H and O–H groups in total. The van der Waals surface area contributed by atoms with Crippen LogP contribution in [0.4, 0.5) is 0 Å². The Kier molecular flexibility index (Phi) is 3.74. The molecule has 1 saturated heterocycles. The maximum absolute atomic E-state index is 10.2. The molecule has 0 aromatic carbocycles. The van der Waals surface area contributed by atoms with Gasteiger partial charge in [0.1, 0.15) is 0 Å². The third-order valence-electron chi connectivity index (χ3n) is 3.37. The monoisotopic (exact) mass is 215 g/mol. The quantitative estimate of drug-likeness (QED) is 0.747. The topological polar surface area (TPSA) is 32.3 Å². The Morgan fingerprint density at radius 2 is 1.93 bits per heavy atom. The van der Waals surface area contributed by atoms with Crippen molar-refractivity contribution in [3.05, 3.63) is 0 Å². The summed E-state index contributed by atoms with van der Waals surface area (Å²) in [6.45, 7) is 2.37. The van der Waals surface area contributed by atoms with E-state index in [0.717, 1.165) is 24.5 Å². The van der Waals surface area contributed by atoms with Gasteiger partial charge in [0.25, 0.3) is 0 Å². The van der Waals surface area contributed by atoms with E-state index in [1.807, 2.05) is 11.8 Å². The van der Waals surface area contributed by atoms with Gasteiger partial charge in [0.15, 0.2) is 0 Å². The summed E-state index contributed by atoms with van der Waals surface area (Å²) >= 11 is 1.95. The molecule has 82 valence electrons. The molecule has 0 bridgehead atoms. The van der Waals surface area contributed by atoms with E-state index in [4.69, 9.17) is 0 Å². The Labute approximate surface area is 90.8 Å². The van der Waals surface area contributed by atoms with Crippen molar-refractivity contribution < 1.29 is 5.11 Å². The molecule has 3 heteroatoms. The smallest absolute Gasteiger partial charge is 0.0737 e. The SMILES string of the molecule is OC1(CSCC2CNC2)CCCCC1. The second-order valence-electron chi connectivity index (χ2n) is 4.82. The third-order valence-corrected chi connectivity index (χ3v) is 4.82. The van der Waals surface area contributed by atoms with Crippen LogP contribution in [-0.4, -0.2) is 35.3 Å². The molecule has 1 aliphatic heterocycles. The molecule has 14 heavy (non-hydrogen) atoms. The van der Waals surface area contributed by atoms with Gasteiger partial charge in [0.05, 0.1) is 5.60 Å². The van der Waals surface area contributed by atoms with Crippen molar-refractivity contribution in [3.63, 3.8) is 0 Å². The maximum atomic E-state index is 10.2. The van der Waals surface area contributed by atoms with Gasteiger partial charge in [-0.05, 0) is 37.6 Å². The molecule has 2 rings (SSSR count). The van der Waals surface area contributed by atoms with Crippen molar-refractivity contribution in [2.45, 2.75) is 37.7 Å². The van der Waals surface area contributed by atoms with Crippen LogP contribution < -0.4 is 5.32 Å². The van der Waals surface area contributed by atoms with Crippen LogP contribution >= 0.6 is 11.8 Å². The predicted molar refractivity (Wildman–Crippen MR) is 61.7 cm³/mol. The highest BCUT2D eigenvalue weighted by atomic mass is 32.2. The van der Waals surface area contributed by atoms with Gasteiger partial charge in [0, 0.05) is 5.75 Å². The van der Waals surface area contributed by atoms with E-state index in [0.29, 0.717) is 0 Å². The summed E-state index contributed by atoms with van der Waals surface area (Å²) in [4.78, 5) is 0. The number of hydrogen-bond acceptors (Lipinski definition) is 3. The lowest BCUT2D eigenvalue weighted by atomic mass is 9.86. The zero-order chi connectivity index (χ0) is 9.86. The Bertz CT molecular complexity index is 176. The molecule has 1 saturated carbocycles. The lowest BCUT2D eigenvalue weighted by Crippen LogP contribution is -2.44. The average Bonchev–Trinajstić information content (AvgIpc) is 2.11. The van der Waals surface area contributed by atoms with Crippen LogP contribution in [-0.2, 0) is 0 Å². The maximum Gasteiger partial charge on any atom is 0.0737 e. The Morgan fingerprint density at radius 1 is 1.21 bits per heavy atom. The fraction of sp³-hybridized carbons (Fsp3) is 1.00. The molecule has 0 radical (unpaired) electrons.